The van der Waals surface area contributed by atoms with E-state index in [0.29, 0.717) is 0 Å². The number of thiophene rings is 1. The van der Waals surface area contributed by atoms with Crippen LogP contribution < -0.4 is 4.90 Å². The van der Waals surface area contributed by atoms with Gasteiger partial charge in [-0.3, -0.25) is 0 Å². The molecule has 5 heteroatoms. The molecule has 24 heavy (non-hydrogen) atoms. The van der Waals surface area contributed by atoms with Gasteiger partial charge in [-0.25, -0.2) is 9.97 Å². The van der Waals surface area contributed by atoms with E-state index in [1.54, 1.807) is 17.7 Å². The van der Waals surface area contributed by atoms with E-state index in [-0.39, 0.29) is 0 Å². The van der Waals surface area contributed by atoms with Gasteiger partial charge in [0.1, 0.15) is 17.0 Å². The number of aromatic nitrogens is 2. The number of anilines is 1. The van der Waals surface area contributed by atoms with Crippen molar-refractivity contribution >= 4 is 27.4 Å². The third kappa shape index (κ3) is 2.78. The predicted molar refractivity (Wildman–Crippen MR) is 102 cm³/mol. The van der Waals surface area contributed by atoms with Gasteiger partial charge in [-0.05, 0) is 24.6 Å². The first-order chi connectivity index (χ1) is 11.8. The molecule has 0 amide bonds. The van der Waals surface area contributed by atoms with Crippen molar-refractivity contribution in [3.8, 4) is 11.1 Å². The standard InChI is InChI=1S/C19H22N4S/c1-3-14-4-6-15(7-5-14)16-12-24-19-17(16)18(20-13-21-19)23-10-8-22(2)9-11-23/h4-7,12-13H,3,8-11H2,1-2H3. The van der Waals surface area contributed by atoms with Gasteiger partial charge in [-0.15, -0.1) is 11.3 Å². The van der Waals surface area contributed by atoms with Crippen LogP contribution in [0.2, 0.25) is 0 Å². The summed E-state index contributed by atoms with van der Waals surface area (Å²) < 4.78 is 0. The van der Waals surface area contributed by atoms with Crippen molar-refractivity contribution < 1.29 is 0 Å². The van der Waals surface area contributed by atoms with E-state index in [1.807, 2.05) is 0 Å². The fourth-order valence-corrected chi connectivity index (χ4v) is 4.16. The fourth-order valence-electron chi connectivity index (χ4n) is 3.25. The van der Waals surface area contributed by atoms with E-state index < -0.39 is 0 Å². The van der Waals surface area contributed by atoms with Crippen molar-refractivity contribution in [2.24, 2.45) is 0 Å². The Bertz CT molecular complexity index is 832. The first-order valence-corrected chi connectivity index (χ1v) is 9.39. The summed E-state index contributed by atoms with van der Waals surface area (Å²) in [6.07, 6.45) is 2.77. The number of likely N-dealkylation sites (N-methyl/N-ethyl adjacent to an activating group) is 1. The Hall–Kier alpha value is -1.98. The molecule has 0 N–H and O–H groups in total. The first kappa shape index (κ1) is 15.5. The maximum Gasteiger partial charge on any atom is 0.141 e. The van der Waals surface area contributed by atoms with Gasteiger partial charge in [-0.2, -0.15) is 0 Å². The molecule has 3 aromatic rings. The number of hydrogen-bond acceptors (Lipinski definition) is 5. The maximum absolute atomic E-state index is 4.65. The lowest BCUT2D eigenvalue weighted by atomic mass is 10.0. The lowest BCUT2D eigenvalue weighted by Gasteiger charge is -2.33. The lowest BCUT2D eigenvalue weighted by molar-refractivity contribution is 0.312. The molecule has 1 aromatic carbocycles. The number of rotatable bonds is 3. The lowest BCUT2D eigenvalue weighted by Crippen LogP contribution is -2.44. The number of aryl methyl sites for hydroxylation is 1. The Kier molecular flexibility index (Phi) is 4.21. The van der Waals surface area contributed by atoms with Gasteiger partial charge < -0.3 is 9.80 Å². The molecule has 4 rings (SSSR count). The average Bonchev–Trinajstić information content (AvgIpc) is 3.07. The molecule has 1 aliphatic heterocycles. The Labute approximate surface area is 146 Å². The number of piperazine rings is 1. The molecule has 0 radical (unpaired) electrons. The van der Waals surface area contributed by atoms with Gasteiger partial charge >= 0.3 is 0 Å². The monoisotopic (exact) mass is 338 g/mol. The highest BCUT2D eigenvalue weighted by atomic mass is 32.1. The molecule has 2 aromatic heterocycles. The number of benzene rings is 1. The van der Waals surface area contributed by atoms with Gasteiger partial charge in [0.25, 0.3) is 0 Å². The van der Waals surface area contributed by atoms with E-state index in [4.69, 9.17) is 0 Å². The molecule has 0 spiro atoms. The second-order valence-corrected chi connectivity index (χ2v) is 7.23. The van der Waals surface area contributed by atoms with Crippen molar-refractivity contribution in [1.29, 1.82) is 0 Å². The Balaban J connectivity index is 1.79. The van der Waals surface area contributed by atoms with Crippen LogP contribution in [-0.2, 0) is 6.42 Å². The van der Waals surface area contributed by atoms with Gasteiger partial charge in [0, 0.05) is 37.1 Å². The van der Waals surface area contributed by atoms with Gasteiger partial charge in [0.15, 0.2) is 0 Å². The van der Waals surface area contributed by atoms with Crippen LogP contribution in [-0.4, -0.2) is 48.1 Å². The molecule has 124 valence electrons. The van der Waals surface area contributed by atoms with Crippen LogP contribution in [0.15, 0.2) is 36.0 Å². The van der Waals surface area contributed by atoms with Crippen LogP contribution in [0.4, 0.5) is 5.82 Å². The molecule has 1 saturated heterocycles. The van der Waals surface area contributed by atoms with Crippen molar-refractivity contribution in [3.63, 3.8) is 0 Å². The van der Waals surface area contributed by atoms with Crippen LogP contribution in [0, 0.1) is 0 Å². The van der Waals surface area contributed by atoms with E-state index >= 15 is 0 Å². The fraction of sp³-hybridized carbons (Fsp3) is 0.368. The van der Waals surface area contributed by atoms with Crippen LogP contribution in [0.25, 0.3) is 21.3 Å². The molecule has 3 heterocycles. The topological polar surface area (TPSA) is 32.3 Å². The van der Waals surface area contributed by atoms with Crippen LogP contribution in [0.1, 0.15) is 12.5 Å². The van der Waals surface area contributed by atoms with E-state index in [1.165, 1.54) is 22.1 Å². The Morgan fingerprint density at radius 2 is 1.79 bits per heavy atom. The van der Waals surface area contributed by atoms with Crippen molar-refractivity contribution in [3.05, 3.63) is 41.5 Å². The smallest absolute Gasteiger partial charge is 0.141 e. The predicted octanol–water partition coefficient (Wildman–Crippen LogP) is 3.67. The maximum atomic E-state index is 4.65. The molecule has 0 bridgehead atoms. The molecule has 4 nitrogen and oxygen atoms in total. The minimum atomic E-state index is 1.02. The summed E-state index contributed by atoms with van der Waals surface area (Å²) in [5.41, 5.74) is 3.88. The molecule has 1 aliphatic rings. The summed E-state index contributed by atoms with van der Waals surface area (Å²) >= 11 is 1.71. The summed E-state index contributed by atoms with van der Waals surface area (Å²) in [5, 5.41) is 3.43. The summed E-state index contributed by atoms with van der Waals surface area (Å²) in [7, 11) is 2.18. The van der Waals surface area contributed by atoms with Crippen molar-refractivity contribution in [1.82, 2.24) is 14.9 Å². The molecule has 0 saturated carbocycles. The molecule has 0 aliphatic carbocycles. The Morgan fingerprint density at radius 1 is 1.04 bits per heavy atom. The zero-order chi connectivity index (χ0) is 16.5. The van der Waals surface area contributed by atoms with E-state index in [9.17, 15) is 0 Å². The number of hydrogen-bond donors (Lipinski definition) is 0. The summed E-state index contributed by atoms with van der Waals surface area (Å²) in [5.74, 6) is 1.09. The normalized spacial score (nSPS) is 16.0. The summed E-state index contributed by atoms with van der Waals surface area (Å²) in [6.45, 7) is 6.39. The minimum Gasteiger partial charge on any atom is -0.353 e. The highest BCUT2D eigenvalue weighted by Gasteiger charge is 2.20. The first-order valence-electron chi connectivity index (χ1n) is 8.51. The second-order valence-electron chi connectivity index (χ2n) is 6.37. The molecular weight excluding hydrogens is 316 g/mol. The van der Waals surface area contributed by atoms with Crippen LogP contribution >= 0.6 is 11.3 Å². The van der Waals surface area contributed by atoms with Gasteiger partial charge in [-0.1, -0.05) is 31.2 Å². The SMILES string of the molecule is CCc1ccc(-c2csc3ncnc(N4CCN(C)CC4)c23)cc1. The third-order valence-electron chi connectivity index (χ3n) is 4.83. The number of fused-ring (bicyclic) bond motifs is 1. The molecule has 0 unspecified atom stereocenters. The van der Waals surface area contributed by atoms with Gasteiger partial charge in [0.2, 0.25) is 0 Å². The van der Waals surface area contributed by atoms with Crippen molar-refractivity contribution in [2.75, 3.05) is 38.1 Å². The average molecular weight is 338 g/mol. The Morgan fingerprint density at radius 3 is 2.50 bits per heavy atom. The summed E-state index contributed by atoms with van der Waals surface area (Å²) in [4.78, 5) is 15.0. The van der Waals surface area contributed by atoms with E-state index in [2.05, 4.69) is 63.4 Å². The summed E-state index contributed by atoms with van der Waals surface area (Å²) in [6, 6.07) is 8.89. The van der Waals surface area contributed by atoms with Crippen molar-refractivity contribution in [2.45, 2.75) is 13.3 Å². The minimum absolute atomic E-state index is 1.02. The molecular formula is C19H22N4S. The zero-order valence-electron chi connectivity index (χ0n) is 14.2. The number of nitrogens with zero attached hydrogens (tertiary/aromatic N) is 4. The highest BCUT2D eigenvalue weighted by Crippen LogP contribution is 2.38. The third-order valence-corrected chi connectivity index (χ3v) is 5.71. The second kappa shape index (κ2) is 6.49. The van der Waals surface area contributed by atoms with Crippen LogP contribution in [0.5, 0.6) is 0 Å². The molecule has 0 atom stereocenters. The zero-order valence-corrected chi connectivity index (χ0v) is 15.0. The van der Waals surface area contributed by atoms with Crippen LogP contribution in [0.3, 0.4) is 0 Å². The van der Waals surface area contributed by atoms with Gasteiger partial charge in [0.05, 0.1) is 5.39 Å². The highest BCUT2D eigenvalue weighted by molar-refractivity contribution is 7.17. The van der Waals surface area contributed by atoms with E-state index in [0.717, 1.165) is 43.2 Å². The molecule has 1 fully saturated rings. The quantitative estimate of drug-likeness (QED) is 0.729. The largest absolute Gasteiger partial charge is 0.353 e.